The molecule has 3 N–H and O–H groups in total. The average Bonchev–Trinajstić information content (AvgIpc) is 2.36. The highest BCUT2D eigenvalue weighted by Gasteiger charge is 2.11. The van der Waals surface area contributed by atoms with Crippen molar-refractivity contribution < 1.29 is 9.53 Å². The molecule has 0 bridgehead atoms. The average molecular weight is 239 g/mol. The molecule has 1 amide bonds. The summed E-state index contributed by atoms with van der Waals surface area (Å²) in [6, 6.07) is 0. The molecule has 1 heterocycles. The number of aromatic nitrogens is 2. The van der Waals surface area contributed by atoms with E-state index in [4.69, 9.17) is 10.5 Å². The van der Waals surface area contributed by atoms with Gasteiger partial charge in [0.15, 0.2) is 5.82 Å². The molecule has 17 heavy (non-hydrogen) atoms. The second-order valence-electron chi connectivity index (χ2n) is 3.41. The van der Waals surface area contributed by atoms with Gasteiger partial charge in [-0.2, -0.15) is 4.98 Å². The third-order valence-electron chi connectivity index (χ3n) is 2.35. The summed E-state index contributed by atoms with van der Waals surface area (Å²) in [6.45, 7) is 2.69. The van der Waals surface area contributed by atoms with Gasteiger partial charge in [-0.3, -0.25) is 4.79 Å². The van der Waals surface area contributed by atoms with Crippen molar-refractivity contribution in [1.82, 2.24) is 14.9 Å². The fourth-order valence-electron chi connectivity index (χ4n) is 1.15. The molecule has 0 aliphatic rings. The Bertz CT molecular complexity index is 396. The molecule has 1 rings (SSSR count). The maximum Gasteiger partial charge on any atom is 0.242 e. The first-order chi connectivity index (χ1) is 8.10. The van der Waals surface area contributed by atoms with E-state index >= 15 is 0 Å². The van der Waals surface area contributed by atoms with Crippen LogP contribution in [0.2, 0.25) is 0 Å². The van der Waals surface area contributed by atoms with Crippen LogP contribution in [0.5, 0.6) is 5.88 Å². The van der Waals surface area contributed by atoms with Crippen LogP contribution in [0.4, 0.5) is 11.5 Å². The smallest absolute Gasteiger partial charge is 0.242 e. The third-order valence-corrected chi connectivity index (χ3v) is 2.35. The zero-order chi connectivity index (χ0) is 12.8. The Balaban J connectivity index is 2.67. The van der Waals surface area contributed by atoms with E-state index < -0.39 is 0 Å². The van der Waals surface area contributed by atoms with Gasteiger partial charge in [-0.1, -0.05) is 0 Å². The summed E-state index contributed by atoms with van der Waals surface area (Å²) < 4.78 is 4.95. The Labute approximate surface area is 100.0 Å². The molecule has 94 valence electrons. The van der Waals surface area contributed by atoms with Gasteiger partial charge in [-0.05, 0) is 6.92 Å². The lowest BCUT2D eigenvalue weighted by Crippen LogP contribution is -2.32. The first-order valence-electron chi connectivity index (χ1n) is 5.22. The quantitative estimate of drug-likeness (QED) is 0.748. The van der Waals surface area contributed by atoms with Crippen LogP contribution in [0.1, 0.15) is 6.92 Å². The largest absolute Gasteiger partial charge is 0.479 e. The molecule has 0 aliphatic heterocycles. The Hall–Kier alpha value is -2.05. The first kappa shape index (κ1) is 13.0. The van der Waals surface area contributed by atoms with Crippen molar-refractivity contribution in [2.24, 2.45) is 0 Å². The Morgan fingerprint density at radius 2 is 2.29 bits per heavy atom. The molecule has 0 unspecified atom stereocenters. The molecular formula is C10H17N5O2. The summed E-state index contributed by atoms with van der Waals surface area (Å²) >= 11 is 0. The molecule has 0 spiro atoms. The van der Waals surface area contributed by atoms with Crippen LogP contribution in [0.15, 0.2) is 6.33 Å². The van der Waals surface area contributed by atoms with Gasteiger partial charge >= 0.3 is 0 Å². The van der Waals surface area contributed by atoms with Gasteiger partial charge in [-0.15, -0.1) is 0 Å². The second kappa shape index (κ2) is 5.88. The van der Waals surface area contributed by atoms with Gasteiger partial charge in [0.1, 0.15) is 12.0 Å². The minimum Gasteiger partial charge on any atom is -0.479 e. The predicted octanol–water partition coefficient (Wildman–Crippen LogP) is -0.0424. The van der Waals surface area contributed by atoms with Crippen molar-refractivity contribution in [3.8, 4) is 5.88 Å². The Morgan fingerprint density at radius 1 is 1.59 bits per heavy atom. The lowest BCUT2D eigenvalue weighted by Gasteiger charge is -2.15. The van der Waals surface area contributed by atoms with Crippen LogP contribution >= 0.6 is 0 Å². The molecule has 1 aromatic heterocycles. The van der Waals surface area contributed by atoms with Crippen molar-refractivity contribution in [2.75, 3.05) is 38.3 Å². The van der Waals surface area contributed by atoms with E-state index in [2.05, 4.69) is 15.3 Å². The SMILES string of the molecule is CCN(C)C(=O)CNc1ncnc(OC)c1N. The molecule has 0 radical (unpaired) electrons. The summed E-state index contributed by atoms with van der Waals surface area (Å²) in [5.41, 5.74) is 6.04. The molecular weight excluding hydrogens is 222 g/mol. The summed E-state index contributed by atoms with van der Waals surface area (Å²) in [7, 11) is 3.20. The molecule has 1 aromatic rings. The highest BCUT2D eigenvalue weighted by molar-refractivity contribution is 5.81. The van der Waals surface area contributed by atoms with Crippen molar-refractivity contribution in [2.45, 2.75) is 6.92 Å². The molecule has 0 aliphatic carbocycles. The zero-order valence-electron chi connectivity index (χ0n) is 10.2. The number of nitrogen functional groups attached to an aromatic ring is 1. The number of hydrogen-bond acceptors (Lipinski definition) is 6. The van der Waals surface area contributed by atoms with E-state index in [9.17, 15) is 4.79 Å². The number of ether oxygens (including phenoxy) is 1. The highest BCUT2D eigenvalue weighted by atomic mass is 16.5. The van der Waals surface area contributed by atoms with E-state index in [-0.39, 0.29) is 12.5 Å². The number of methoxy groups -OCH3 is 1. The molecule has 0 saturated heterocycles. The van der Waals surface area contributed by atoms with Crippen LogP contribution < -0.4 is 15.8 Å². The maximum absolute atomic E-state index is 11.6. The van der Waals surface area contributed by atoms with Gasteiger partial charge in [0.2, 0.25) is 11.8 Å². The van der Waals surface area contributed by atoms with E-state index in [1.165, 1.54) is 13.4 Å². The predicted molar refractivity (Wildman–Crippen MR) is 64.8 cm³/mol. The number of carbonyl (C=O) groups excluding carboxylic acids is 1. The van der Waals surface area contributed by atoms with Gasteiger partial charge < -0.3 is 20.7 Å². The number of carbonyl (C=O) groups is 1. The van der Waals surface area contributed by atoms with Gasteiger partial charge in [0.05, 0.1) is 13.7 Å². The topological polar surface area (TPSA) is 93.4 Å². The summed E-state index contributed by atoms with van der Waals surface area (Å²) in [5.74, 6) is 0.651. The van der Waals surface area contributed by atoms with Crippen LogP contribution in [-0.2, 0) is 4.79 Å². The van der Waals surface area contributed by atoms with Crippen molar-refractivity contribution in [3.63, 3.8) is 0 Å². The Kier molecular flexibility index (Phi) is 4.50. The molecule has 7 heteroatoms. The van der Waals surface area contributed by atoms with Gasteiger partial charge in [0, 0.05) is 13.6 Å². The number of amides is 1. The van der Waals surface area contributed by atoms with Gasteiger partial charge in [-0.25, -0.2) is 4.98 Å². The second-order valence-corrected chi connectivity index (χ2v) is 3.41. The van der Waals surface area contributed by atoms with Crippen molar-refractivity contribution >= 4 is 17.4 Å². The first-order valence-corrected chi connectivity index (χ1v) is 5.22. The normalized spacial score (nSPS) is 9.82. The molecule has 0 aromatic carbocycles. The lowest BCUT2D eigenvalue weighted by atomic mass is 10.4. The molecule has 0 saturated carbocycles. The van der Waals surface area contributed by atoms with E-state index in [1.807, 2.05) is 6.92 Å². The van der Waals surface area contributed by atoms with Crippen LogP contribution in [0.25, 0.3) is 0 Å². The number of nitrogens with two attached hydrogens (primary N) is 1. The van der Waals surface area contributed by atoms with Crippen LogP contribution in [0, 0.1) is 0 Å². The fraction of sp³-hybridized carbons (Fsp3) is 0.500. The minimum absolute atomic E-state index is 0.0375. The van der Waals surface area contributed by atoms with Crippen molar-refractivity contribution in [1.29, 1.82) is 0 Å². The number of anilines is 2. The molecule has 7 nitrogen and oxygen atoms in total. The summed E-state index contributed by atoms with van der Waals surface area (Å²) in [5, 5.41) is 2.86. The number of likely N-dealkylation sites (N-methyl/N-ethyl adjacent to an activating group) is 1. The molecule has 0 atom stereocenters. The monoisotopic (exact) mass is 239 g/mol. The summed E-state index contributed by atoms with van der Waals surface area (Å²) in [4.78, 5) is 20.9. The van der Waals surface area contributed by atoms with Crippen LogP contribution in [-0.4, -0.2) is 48.0 Å². The number of hydrogen-bond donors (Lipinski definition) is 2. The standard InChI is InChI=1S/C10H17N5O2/c1-4-15(2)7(16)5-12-9-8(11)10(17-3)14-6-13-9/h6H,4-5,11H2,1-3H3,(H,12,13,14). The fourth-order valence-corrected chi connectivity index (χ4v) is 1.15. The van der Waals surface area contributed by atoms with Gasteiger partial charge in [0.25, 0.3) is 0 Å². The van der Waals surface area contributed by atoms with Crippen LogP contribution in [0.3, 0.4) is 0 Å². The minimum atomic E-state index is -0.0375. The number of rotatable bonds is 5. The summed E-state index contributed by atoms with van der Waals surface area (Å²) in [6.07, 6.45) is 1.32. The van der Waals surface area contributed by atoms with E-state index in [1.54, 1.807) is 11.9 Å². The number of nitrogens with zero attached hydrogens (tertiary/aromatic N) is 3. The maximum atomic E-state index is 11.6. The zero-order valence-corrected chi connectivity index (χ0v) is 10.2. The Morgan fingerprint density at radius 3 is 2.88 bits per heavy atom. The molecule has 0 fully saturated rings. The number of nitrogens with one attached hydrogen (secondary N) is 1. The lowest BCUT2D eigenvalue weighted by molar-refractivity contribution is -0.127. The third kappa shape index (κ3) is 3.20. The highest BCUT2D eigenvalue weighted by Crippen LogP contribution is 2.23. The van der Waals surface area contributed by atoms with E-state index in [0.29, 0.717) is 23.9 Å². The van der Waals surface area contributed by atoms with Crippen molar-refractivity contribution in [3.05, 3.63) is 6.33 Å². The van der Waals surface area contributed by atoms with E-state index in [0.717, 1.165) is 0 Å².